The van der Waals surface area contributed by atoms with E-state index >= 15 is 0 Å². The molecule has 0 spiro atoms. The molecule has 0 amide bonds. The van der Waals surface area contributed by atoms with Crippen molar-refractivity contribution in [3.05, 3.63) is 17.7 Å². The lowest BCUT2D eigenvalue weighted by molar-refractivity contribution is 0.0694. The highest BCUT2D eigenvalue weighted by Crippen LogP contribution is 2.37. The minimum atomic E-state index is -1.06. The van der Waals surface area contributed by atoms with E-state index in [9.17, 15) is 4.79 Å². The SMILES string of the molecule is COc1cc(N)c(C(=O)O)cc1OC1CC(C)CC(C)C1. The van der Waals surface area contributed by atoms with Crippen LogP contribution in [-0.2, 0) is 0 Å². The first kappa shape index (κ1) is 15.5. The molecule has 5 nitrogen and oxygen atoms in total. The molecule has 1 aliphatic rings. The van der Waals surface area contributed by atoms with Crippen LogP contribution in [0.4, 0.5) is 5.69 Å². The maximum atomic E-state index is 11.2. The Morgan fingerprint density at radius 2 is 1.81 bits per heavy atom. The monoisotopic (exact) mass is 293 g/mol. The number of nitrogen functional groups attached to an aromatic ring is 1. The molecule has 5 heteroatoms. The average Bonchev–Trinajstić information content (AvgIpc) is 2.38. The third-order valence-electron chi connectivity index (χ3n) is 4.00. The number of methoxy groups -OCH3 is 1. The van der Waals surface area contributed by atoms with Crippen LogP contribution in [0.5, 0.6) is 11.5 Å². The summed E-state index contributed by atoms with van der Waals surface area (Å²) in [5.41, 5.74) is 5.95. The molecule has 1 aromatic carbocycles. The lowest BCUT2D eigenvalue weighted by Gasteiger charge is -2.32. The van der Waals surface area contributed by atoms with Crippen LogP contribution >= 0.6 is 0 Å². The third-order valence-corrected chi connectivity index (χ3v) is 4.00. The molecule has 116 valence electrons. The van der Waals surface area contributed by atoms with Gasteiger partial charge in [0.25, 0.3) is 0 Å². The standard InChI is InChI=1S/C16H23NO4/c1-9-4-10(2)6-11(5-9)21-15-7-12(16(18)19)13(17)8-14(15)20-3/h7-11H,4-6,17H2,1-3H3,(H,18,19). The number of benzene rings is 1. The van der Waals surface area contributed by atoms with E-state index in [4.69, 9.17) is 20.3 Å². The molecule has 0 heterocycles. The molecule has 0 aliphatic heterocycles. The normalized spacial score (nSPS) is 25.4. The smallest absolute Gasteiger partial charge is 0.337 e. The quantitative estimate of drug-likeness (QED) is 0.833. The van der Waals surface area contributed by atoms with Crippen LogP contribution in [0.1, 0.15) is 43.5 Å². The first-order valence-corrected chi connectivity index (χ1v) is 7.28. The highest BCUT2D eigenvalue weighted by Gasteiger charge is 2.26. The van der Waals surface area contributed by atoms with E-state index in [-0.39, 0.29) is 17.4 Å². The molecule has 21 heavy (non-hydrogen) atoms. The van der Waals surface area contributed by atoms with Crippen molar-refractivity contribution in [2.24, 2.45) is 11.8 Å². The van der Waals surface area contributed by atoms with Gasteiger partial charge in [-0.2, -0.15) is 0 Å². The van der Waals surface area contributed by atoms with Gasteiger partial charge in [0.2, 0.25) is 0 Å². The molecule has 3 N–H and O–H groups in total. The van der Waals surface area contributed by atoms with Crippen molar-refractivity contribution in [1.82, 2.24) is 0 Å². The van der Waals surface area contributed by atoms with Crippen molar-refractivity contribution in [1.29, 1.82) is 0 Å². The Labute approximate surface area is 125 Å². The summed E-state index contributed by atoms with van der Waals surface area (Å²) < 4.78 is 11.3. The Kier molecular flexibility index (Phi) is 4.60. The number of carboxylic acid groups (broad SMARTS) is 1. The number of rotatable bonds is 4. The summed E-state index contributed by atoms with van der Waals surface area (Å²) in [6.07, 6.45) is 3.24. The van der Waals surface area contributed by atoms with E-state index in [1.54, 1.807) is 0 Å². The number of anilines is 1. The summed E-state index contributed by atoms with van der Waals surface area (Å²) in [6.45, 7) is 4.43. The Morgan fingerprint density at radius 1 is 1.19 bits per heavy atom. The molecule has 2 unspecified atom stereocenters. The number of carbonyl (C=O) groups is 1. The van der Waals surface area contributed by atoms with Crippen LogP contribution in [0.25, 0.3) is 0 Å². The Hall–Kier alpha value is -1.91. The van der Waals surface area contributed by atoms with Gasteiger partial charge >= 0.3 is 5.97 Å². The van der Waals surface area contributed by atoms with Gasteiger partial charge in [0.05, 0.1) is 24.5 Å². The average molecular weight is 293 g/mol. The van der Waals surface area contributed by atoms with E-state index in [0.717, 1.165) is 12.8 Å². The van der Waals surface area contributed by atoms with Crippen LogP contribution in [-0.4, -0.2) is 24.3 Å². The van der Waals surface area contributed by atoms with Gasteiger partial charge in [-0.3, -0.25) is 0 Å². The van der Waals surface area contributed by atoms with E-state index < -0.39 is 5.97 Å². The topological polar surface area (TPSA) is 81.8 Å². The molecule has 1 saturated carbocycles. The van der Waals surface area contributed by atoms with Gasteiger partial charge in [-0.1, -0.05) is 13.8 Å². The number of carboxylic acids is 1. The van der Waals surface area contributed by atoms with Gasteiger partial charge in [-0.15, -0.1) is 0 Å². The third kappa shape index (κ3) is 3.60. The molecule has 1 fully saturated rings. The van der Waals surface area contributed by atoms with Gasteiger partial charge in [-0.05, 0) is 31.1 Å². The molecule has 0 saturated heterocycles. The zero-order valence-corrected chi connectivity index (χ0v) is 12.8. The maximum Gasteiger partial charge on any atom is 0.337 e. The number of hydrogen-bond acceptors (Lipinski definition) is 4. The lowest BCUT2D eigenvalue weighted by atomic mass is 9.82. The highest BCUT2D eigenvalue weighted by molar-refractivity contribution is 5.94. The second-order valence-electron chi connectivity index (χ2n) is 6.05. The Balaban J connectivity index is 2.25. The summed E-state index contributed by atoms with van der Waals surface area (Å²) in [5, 5.41) is 9.17. The second-order valence-corrected chi connectivity index (χ2v) is 6.05. The first-order valence-electron chi connectivity index (χ1n) is 7.28. The van der Waals surface area contributed by atoms with E-state index in [0.29, 0.717) is 23.3 Å². The Bertz CT molecular complexity index is 519. The number of hydrogen-bond donors (Lipinski definition) is 2. The van der Waals surface area contributed by atoms with Crippen LogP contribution < -0.4 is 15.2 Å². The maximum absolute atomic E-state index is 11.2. The largest absolute Gasteiger partial charge is 0.493 e. The summed E-state index contributed by atoms with van der Waals surface area (Å²) in [7, 11) is 1.52. The Morgan fingerprint density at radius 3 is 2.33 bits per heavy atom. The van der Waals surface area contributed by atoms with Gasteiger partial charge in [-0.25, -0.2) is 4.79 Å². The molecule has 1 aromatic rings. The number of aromatic carboxylic acids is 1. The predicted octanol–water partition coefficient (Wildman–Crippen LogP) is 3.18. The molecule has 2 rings (SSSR count). The first-order chi connectivity index (χ1) is 9.90. The van der Waals surface area contributed by atoms with Crippen LogP contribution in [0.15, 0.2) is 12.1 Å². The second kappa shape index (κ2) is 6.24. The van der Waals surface area contributed by atoms with Crippen molar-refractivity contribution in [3.8, 4) is 11.5 Å². The molecular weight excluding hydrogens is 270 g/mol. The molecule has 0 bridgehead atoms. The zero-order valence-electron chi connectivity index (χ0n) is 12.8. The van der Waals surface area contributed by atoms with E-state index in [2.05, 4.69) is 13.8 Å². The fraction of sp³-hybridized carbons (Fsp3) is 0.562. The predicted molar refractivity (Wildman–Crippen MR) is 81.0 cm³/mol. The van der Waals surface area contributed by atoms with Gasteiger partial charge in [0, 0.05) is 12.1 Å². The summed E-state index contributed by atoms with van der Waals surface area (Å²) in [6, 6.07) is 2.97. The zero-order chi connectivity index (χ0) is 15.6. The van der Waals surface area contributed by atoms with Crippen molar-refractivity contribution in [2.75, 3.05) is 12.8 Å². The molecule has 0 radical (unpaired) electrons. The van der Waals surface area contributed by atoms with E-state index in [1.807, 2.05) is 0 Å². The number of nitrogens with two attached hydrogens (primary N) is 1. The lowest BCUT2D eigenvalue weighted by Crippen LogP contribution is -2.28. The molecule has 2 atom stereocenters. The molecular formula is C16H23NO4. The van der Waals surface area contributed by atoms with Gasteiger partial charge < -0.3 is 20.3 Å². The van der Waals surface area contributed by atoms with Crippen LogP contribution in [0, 0.1) is 11.8 Å². The van der Waals surface area contributed by atoms with Crippen molar-refractivity contribution in [3.63, 3.8) is 0 Å². The number of ether oxygens (including phenoxy) is 2. The summed E-state index contributed by atoms with van der Waals surface area (Å²) in [5.74, 6) is 1.08. The fourth-order valence-electron chi connectivity index (χ4n) is 3.16. The van der Waals surface area contributed by atoms with Crippen molar-refractivity contribution < 1.29 is 19.4 Å². The molecule has 1 aliphatic carbocycles. The minimum absolute atomic E-state index is 0.0442. The summed E-state index contributed by atoms with van der Waals surface area (Å²) >= 11 is 0. The van der Waals surface area contributed by atoms with Gasteiger partial charge in [0.15, 0.2) is 11.5 Å². The van der Waals surface area contributed by atoms with Gasteiger partial charge in [0.1, 0.15) is 0 Å². The highest BCUT2D eigenvalue weighted by atomic mass is 16.5. The van der Waals surface area contributed by atoms with E-state index in [1.165, 1.54) is 25.7 Å². The summed E-state index contributed by atoms with van der Waals surface area (Å²) in [4.78, 5) is 11.2. The molecule has 0 aromatic heterocycles. The fourth-order valence-corrected chi connectivity index (χ4v) is 3.16. The van der Waals surface area contributed by atoms with Crippen molar-refractivity contribution in [2.45, 2.75) is 39.2 Å². The van der Waals surface area contributed by atoms with Crippen molar-refractivity contribution >= 4 is 11.7 Å². The van der Waals surface area contributed by atoms with Crippen LogP contribution in [0.2, 0.25) is 0 Å². The van der Waals surface area contributed by atoms with Crippen LogP contribution in [0.3, 0.4) is 0 Å². The minimum Gasteiger partial charge on any atom is -0.493 e.